The van der Waals surface area contributed by atoms with Gasteiger partial charge in [-0.1, -0.05) is 36.4 Å². The highest BCUT2D eigenvalue weighted by molar-refractivity contribution is 5.99. The van der Waals surface area contributed by atoms with Gasteiger partial charge in [-0.3, -0.25) is 5.43 Å². The van der Waals surface area contributed by atoms with Crippen LogP contribution in [-0.2, 0) is 19.1 Å². The Morgan fingerprint density at radius 1 is 0.917 bits per heavy atom. The van der Waals surface area contributed by atoms with Crippen LogP contribution in [0.1, 0.15) is 0 Å². The molecule has 0 saturated carbocycles. The van der Waals surface area contributed by atoms with Crippen LogP contribution in [-0.4, -0.2) is 26.2 Å². The second kappa shape index (κ2) is 8.38. The Morgan fingerprint density at radius 2 is 1.50 bits per heavy atom. The molecule has 0 aliphatic heterocycles. The third kappa shape index (κ3) is 4.36. The van der Waals surface area contributed by atoms with Crippen LogP contribution in [0.3, 0.4) is 0 Å². The van der Waals surface area contributed by atoms with Crippen LogP contribution in [0.2, 0.25) is 0 Å². The lowest BCUT2D eigenvalue weighted by molar-refractivity contribution is -0.138. The van der Waals surface area contributed by atoms with Crippen molar-refractivity contribution in [3.05, 3.63) is 72.4 Å². The highest BCUT2D eigenvalue weighted by atomic mass is 16.5. The van der Waals surface area contributed by atoms with Crippen molar-refractivity contribution in [3.8, 4) is 0 Å². The first-order chi connectivity index (χ1) is 11.7. The van der Waals surface area contributed by atoms with E-state index in [1.165, 1.54) is 19.2 Å². The lowest BCUT2D eigenvalue weighted by atomic mass is 10.2. The Labute approximate surface area is 140 Å². The topological polar surface area (TPSA) is 67.9 Å². The van der Waals surface area contributed by atoms with E-state index in [1.807, 2.05) is 48.5 Å². The van der Waals surface area contributed by atoms with Crippen molar-refractivity contribution in [1.29, 1.82) is 0 Å². The summed E-state index contributed by atoms with van der Waals surface area (Å²) in [5, 5.41) is 1.47. The number of hydrazine groups is 1. The summed E-state index contributed by atoms with van der Waals surface area (Å²) in [5.74, 6) is -1.33. The van der Waals surface area contributed by atoms with E-state index in [2.05, 4.69) is 10.2 Å². The normalized spacial score (nSPS) is 10.7. The summed E-state index contributed by atoms with van der Waals surface area (Å²) < 4.78 is 9.44. The molecular formula is C18H18N2O4. The lowest BCUT2D eigenvalue weighted by Gasteiger charge is -2.27. The molecule has 6 heteroatoms. The summed E-state index contributed by atoms with van der Waals surface area (Å²) >= 11 is 0. The maximum atomic E-state index is 12.2. The minimum absolute atomic E-state index is 0.000553. The summed E-state index contributed by atoms with van der Waals surface area (Å²) in [5.41, 5.74) is 4.49. The van der Waals surface area contributed by atoms with E-state index in [0.29, 0.717) is 5.69 Å². The van der Waals surface area contributed by atoms with E-state index in [-0.39, 0.29) is 5.70 Å². The van der Waals surface area contributed by atoms with E-state index in [4.69, 9.17) is 4.74 Å². The van der Waals surface area contributed by atoms with E-state index < -0.39 is 11.9 Å². The Kier molecular flexibility index (Phi) is 5.96. The smallest absolute Gasteiger partial charge is 0.356 e. The number of rotatable bonds is 6. The minimum atomic E-state index is -0.673. The zero-order valence-electron chi connectivity index (χ0n) is 13.4. The van der Waals surface area contributed by atoms with Crippen molar-refractivity contribution in [2.24, 2.45) is 0 Å². The van der Waals surface area contributed by atoms with Gasteiger partial charge in [-0.25, -0.2) is 14.6 Å². The number of carbonyl (C=O) groups excluding carboxylic acids is 2. The second-order valence-electron chi connectivity index (χ2n) is 4.69. The maximum Gasteiger partial charge on any atom is 0.356 e. The number of methoxy groups -OCH3 is 2. The molecule has 0 aromatic heterocycles. The Hall–Kier alpha value is -3.28. The molecule has 2 rings (SSSR count). The molecule has 0 amide bonds. The third-order valence-electron chi connectivity index (χ3n) is 3.12. The maximum absolute atomic E-state index is 12.2. The molecule has 0 heterocycles. The van der Waals surface area contributed by atoms with E-state index in [0.717, 1.165) is 11.8 Å². The highest BCUT2D eigenvalue weighted by Crippen LogP contribution is 2.21. The van der Waals surface area contributed by atoms with Gasteiger partial charge >= 0.3 is 11.9 Å². The first-order valence-corrected chi connectivity index (χ1v) is 7.20. The van der Waals surface area contributed by atoms with Crippen LogP contribution in [0.5, 0.6) is 0 Å². The Bertz CT molecular complexity index is 714. The molecule has 6 nitrogen and oxygen atoms in total. The molecule has 0 spiro atoms. The molecule has 124 valence electrons. The van der Waals surface area contributed by atoms with E-state index in [1.54, 1.807) is 12.1 Å². The monoisotopic (exact) mass is 326 g/mol. The quantitative estimate of drug-likeness (QED) is 0.500. The van der Waals surface area contributed by atoms with Gasteiger partial charge < -0.3 is 9.47 Å². The van der Waals surface area contributed by atoms with Gasteiger partial charge in [0.05, 0.1) is 31.7 Å². The molecule has 0 aliphatic carbocycles. The first kappa shape index (κ1) is 17.1. The number of carbonyl (C=O) groups is 2. The zero-order valence-corrected chi connectivity index (χ0v) is 13.4. The molecule has 0 radical (unpaired) electrons. The van der Waals surface area contributed by atoms with Crippen LogP contribution in [0, 0.1) is 0 Å². The highest BCUT2D eigenvalue weighted by Gasteiger charge is 2.22. The van der Waals surface area contributed by atoms with Crippen LogP contribution in [0.15, 0.2) is 72.4 Å². The molecule has 2 aromatic rings. The molecule has 0 unspecified atom stereocenters. The zero-order chi connectivity index (χ0) is 17.4. The number of ether oxygens (including phenoxy) is 2. The minimum Gasteiger partial charge on any atom is -0.466 e. The summed E-state index contributed by atoms with van der Waals surface area (Å²) in [4.78, 5) is 23.9. The van der Waals surface area contributed by atoms with Crippen LogP contribution >= 0.6 is 0 Å². The molecule has 0 bridgehead atoms. The van der Waals surface area contributed by atoms with Crippen molar-refractivity contribution in [2.75, 3.05) is 24.7 Å². The number of para-hydroxylation sites is 2. The number of benzene rings is 2. The molecule has 1 N–H and O–H groups in total. The average Bonchev–Trinajstić information content (AvgIpc) is 2.65. The molecule has 24 heavy (non-hydrogen) atoms. The van der Waals surface area contributed by atoms with Gasteiger partial charge in [0.15, 0.2) is 5.70 Å². The standard InChI is InChI=1S/C18H18N2O4/c1-23-17(21)13-16(18(22)24-2)20(15-11-7-4-8-12-15)19-14-9-5-3-6-10-14/h3-13,19H,1-2H3. The Morgan fingerprint density at radius 3 is 2.04 bits per heavy atom. The van der Waals surface area contributed by atoms with Gasteiger partial charge in [-0.15, -0.1) is 0 Å². The molecule has 2 aromatic carbocycles. The van der Waals surface area contributed by atoms with Crippen molar-refractivity contribution >= 4 is 23.3 Å². The number of anilines is 2. The average molecular weight is 326 g/mol. The lowest BCUT2D eigenvalue weighted by Crippen LogP contribution is -2.34. The number of esters is 2. The van der Waals surface area contributed by atoms with Gasteiger partial charge in [0, 0.05) is 0 Å². The summed E-state index contributed by atoms with van der Waals surface area (Å²) in [6.45, 7) is 0. The van der Waals surface area contributed by atoms with Crippen LogP contribution in [0.4, 0.5) is 11.4 Å². The van der Waals surface area contributed by atoms with Gasteiger partial charge in [0.1, 0.15) is 0 Å². The third-order valence-corrected chi connectivity index (χ3v) is 3.12. The first-order valence-electron chi connectivity index (χ1n) is 7.20. The fraction of sp³-hybridized carbons (Fsp3) is 0.111. The van der Waals surface area contributed by atoms with Crippen molar-refractivity contribution in [2.45, 2.75) is 0 Å². The van der Waals surface area contributed by atoms with Gasteiger partial charge in [-0.05, 0) is 24.3 Å². The fourth-order valence-electron chi connectivity index (χ4n) is 1.97. The second-order valence-corrected chi connectivity index (χ2v) is 4.69. The number of nitrogens with zero attached hydrogens (tertiary/aromatic N) is 1. The largest absolute Gasteiger partial charge is 0.466 e. The molecule has 0 aliphatic rings. The SMILES string of the molecule is COC(=O)C=C(C(=O)OC)N(Nc1ccccc1)c1ccccc1. The van der Waals surface area contributed by atoms with Gasteiger partial charge in [0.2, 0.25) is 0 Å². The predicted molar refractivity (Wildman–Crippen MR) is 91.1 cm³/mol. The van der Waals surface area contributed by atoms with E-state index in [9.17, 15) is 9.59 Å². The molecule has 0 saturated heterocycles. The summed E-state index contributed by atoms with van der Waals surface area (Å²) in [6, 6.07) is 18.3. The summed E-state index contributed by atoms with van der Waals surface area (Å²) in [6.07, 6.45) is 1.08. The van der Waals surface area contributed by atoms with Gasteiger partial charge in [0.25, 0.3) is 0 Å². The van der Waals surface area contributed by atoms with E-state index >= 15 is 0 Å². The van der Waals surface area contributed by atoms with Crippen molar-refractivity contribution in [3.63, 3.8) is 0 Å². The fourth-order valence-corrected chi connectivity index (χ4v) is 1.97. The predicted octanol–water partition coefficient (Wildman–Crippen LogP) is 2.75. The summed E-state index contributed by atoms with van der Waals surface area (Å²) in [7, 11) is 2.49. The van der Waals surface area contributed by atoms with Crippen LogP contribution in [0.25, 0.3) is 0 Å². The number of hydrogen-bond acceptors (Lipinski definition) is 6. The van der Waals surface area contributed by atoms with Crippen LogP contribution < -0.4 is 10.4 Å². The molecule has 0 fully saturated rings. The van der Waals surface area contributed by atoms with Gasteiger partial charge in [-0.2, -0.15) is 0 Å². The number of hydrogen-bond donors (Lipinski definition) is 1. The van der Waals surface area contributed by atoms with Crippen molar-refractivity contribution in [1.82, 2.24) is 0 Å². The molecule has 0 atom stereocenters. The molecular weight excluding hydrogens is 308 g/mol. The number of nitrogens with one attached hydrogen (secondary N) is 1. The Balaban J connectivity index is 2.47. The van der Waals surface area contributed by atoms with Crippen molar-refractivity contribution < 1.29 is 19.1 Å².